The minimum Gasteiger partial charge on any atom is -0.298 e. The summed E-state index contributed by atoms with van der Waals surface area (Å²) in [7, 11) is 0. The molecule has 3 rings (SSSR count). The highest BCUT2D eigenvalue weighted by Gasteiger charge is 2.31. The number of hydrogen-bond donors (Lipinski definition) is 0. The van der Waals surface area contributed by atoms with E-state index in [-0.39, 0.29) is 0 Å². The van der Waals surface area contributed by atoms with Crippen LogP contribution in [0.25, 0.3) is 16.7 Å². The molecule has 0 N–H and O–H groups in total. The molecule has 1 heterocycles. The van der Waals surface area contributed by atoms with E-state index in [4.69, 9.17) is 0 Å². The molecule has 2 aromatic rings. The summed E-state index contributed by atoms with van der Waals surface area (Å²) in [5.74, 6) is 0. The molecule has 0 spiro atoms. The molecule has 0 aliphatic carbocycles. The Bertz CT molecular complexity index is 694. The maximum atomic E-state index is 11.3. The summed E-state index contributed by atoms with van der Waals surface area (Å²) < 4.78 is 2.08. The molecule has 0 fully saturated rings. The quantitative estimate of drug-likeness (QED) is 0.470. The fourth-order valence-corrected chi connectivity index (χ4v) is 2.35. The average molecular weight is 262 g/mol. The molecule has 0 bridgehead atoms. The van der Waals surface area contributed by atoms with Crippen molar-refractivity contribution in [2.24, 2.45) is 0 Å². The summed E-state index contributed by atoms with van der Waals surface area (Å²) in [6.07, 6.45) is 2.95. The van der Waals surface area contributed by atoms with Crippen LogP contribution in [0.5, 0.6) is 0 Å². The van der Waals surface area contributed by atoms with Gasteiger partial charge in [-0.25, -0.2) is 0 Å². The third-order valence-corrected chi connectivity index (χ3v) is 3.56. The average Bonchev–Trinajstić information content (AvgIpc) is 3.29. The van der Waals surface area contributed by atoms with Crippen molar-refractivity contribution < 1.29 is 9.37 Å². The highest BCUT2D eigenvalue weighted by atomic mass is 16.1. The molecule has 1 aliphatic rings. The smallest absolute Gasteiger partial charge is 0.280 e. The molecular formula is C18H16NO+. The second kappa shape index (κ2) is 5.25. The third-order valence-electron chi connectivity index (χ3n) is 3.56. The number of nitrogens with zero attached hydrogens (tertiary/aromatic N) is 1. The Morgan fingerprint density at radius 1 is 1.00 bits per heavy atom. The van der Waals surface area contributed by atoms with E-state index < -0.39 is 0 Å². The van der Waals surface area contributed by atoms with Gasteiger partial charge in [-0.15, -0.1) is 0 Å². The van der Waals surface area contributed by atoms with Gasteiger partial charge in [-0.3, -0.25) is 4.79 Å². The first-order chi connectivity index (χ1) is 9.83. The lowest BCUT2D eigenvalue weighted by Gasteiger charge is -2.03. The van der Waals surface area contributed by atoms with E-state index in [1.807, 2.05) is 36.5 Å². The van der Waals surface area contributed by atoms with Crippen molar-refractivity contribution in [3.8, 4) is 11.1 Å². The first kappa shape index (κ1) is 12.5. The Morgan fingerprint density at radius 2 is 1.65 bits per heavy atom. The molecule has 0 amide bonds. The molecular weight excluding hydrogens is 246 g/mol. The number of carbonyl (C=O) groups excluding carboxylic acids is 1. The Morgan fingerprint density at radius 3 is 2.20 bits per heavy atom. The van der Waals surface area contributed by atoms with Crippen LogP contribution < -0.4 is 0 Å². The van der Waals surface area contributed by atoms with Crippen LogP contribution in [0.3, 0.4) is 0 Å². The normalized spacial score (nSPS) is 15.6. The van der Waals surface area contributed by atoms with E-state index in [1.165, 1.54) is 5.56 Å². The van der Waals surface area contributed by atoms with Crippen LogP contribution in [0.15, 0.2) is 60.3 Å². The molecule has 0 atom stereocenters. The van der Waals surface area contributed by atoms with Crippen molar-refractivity contribution in [2.45, 2.75) is 6.92 Å². The van der Waals surface area contributed by atoms with Gasteiger partial charge in [0.2, 0.25) is 6.21 Å². The van der Waals surface area contributed by atoms with Gasteiger partial charge in [-0.2, -0.15) is 4.58 Å². The zero-order valence-corrected chi connectivity index (χ0v) is 11.4. The van der Waals surface area contributed by atoms with Crippen molar-refractivity contribution >= 4 is 18.1 Å². The SMILES string of the molecule is CC[N+]1=CC/1=C(\C=O)c1ccc(-c2ccccc2)cc1. The fourth-order valence-electron chi connectivity index (χ4n) is 2.35. The van der Waals surface area contributed by atoms with Gasteiger partial charge in [-0.05, 0) is 23.6 Å². The van der Waals surface area contributed by atoms with Gasteiger partial charge in [-0.1, -0.05) is 54.6 Å². The summed E-state index contributed by atoms with van der Waals surface area (Å²) in [6, 6.07) is 18.4. The van der Waals surface area contributed by atoms with E-state index in [1.54, 1.807) is 0 Å². The molecule has 0 aromatic heterocycles. The lowest BCUT2D eigenvalue weighted by molar-refractivity contribution is -0.398. The van der Waals surface area contributed by atoms with Crippen LogP contribution in [0.2, 0.25) is 0 Å². The summed E-state index contributed by atoms with van der Waals surface area (Å²) in [4.78, 5) is 11.3. The lowest BCUT2D eigenvalue weighted by Crippen LogP contribution is -1.93. The number of hydrogen-bond acceptors (Lipinski definition) is 1. The monoisotopic (exact) mass is 262 g/mol. The van der Waals surface area contributed by atoms with Gasteiger partial charge in [0.15, 0.2) is 6.29 Å². The first-order valence-electron chi connectivity index (χ1n) is 6.80. The number of aldehydes is 1. The van der Waals surface area contributed by atoms with Crippen LogP contribution in [0, 0.1) is 0 Å². The summed E-state index contributed by atoms with van der Waals surface area (Å²) in [5.41, 5.74) is 5.13. The second-order valence-corrected chi connectivity index (χ2v) is 4.78. The van der Waals surface area contributed by atoms with Crippen molar-refractivity contribution in [3.05, 3.63) is 65.9 Å². The Kier molecular flexibility index (Phi) is 3.30. The maximum Gasteiger partial charge on any atom is 0.280 e. The number of allylic oxidation sites excluding steroid dienone is 2. The van der Waals surface area contributed by atoms with Gasteiger partial charge >= 0.3 is 0 Å². The molecule has 2 heteroatoms. The molecule has 98 valence electrons. The van der Waals surface area contributed by atoms with E-state index in [2.05, 4.69) is 35.8 Å². The highest BCUT2D eigenvalue weighted by molar-refractivity contribution is 6.14. The Balaban J connectivity index is 1.91. The molecule has 0 radical (unpaired) electrons. The number of benzene rings is 2. The molecule has 2 aromatic carbocycles. The van der Waals surface area contributed by atoms with E-state index in [9.17, 15) is 4.79 Å². The van der Waals surface area contributed by atoms with Crippen LogP contribution >= 0.6 is 0 Å². The topological polar surface area (TPSA) is 20.1 Å². The van der Waals surface area contributed by atoms with Gasteiger partial charge in [0, 0.05) is 0 Å². The molecule has 2 nitrogen and oxygen atoms in total. The van der Waals surface area contributed by atoms with E-state index >= 15 is 0 Å². The van der Waals surface area contributed by atoms with Crippen LogP contribution in [0.1, 0.15) is 12.5 Å². The summed E-state index contributed by atoms with van der Waals surface area (Å²) in [6.45, 7) is 2.99. The number of rotatable bonds is 4. The Labute approximate surface area is 118 Å². The zero-order valence-electron chi connectivity index (χ0n) is 11.4. The predicted molar refractivity (Wildman–Crippen MR) is 81.7 cm³/mol. The molecule has 20 heavy (non-hydrogen) atoms. The fraction of sp³-hybridized carbons (Fsp3) is 0.111. The van der Waals surface area contributed by atoms with Crippen LogP contribution in [0.4, 0.5) is 0 Å². The zero-order chi connectivity index (χ0) is 13.9. The largest absolute Gasteiger partial charge is 0.298 e. The van der Waals surface area contributed by atoms with Crippen molar-refractivity contribution in [1.29, 1.82) is 0 Å². The van der Waals surface area contributed by atoms with Crippen molar-refractivity contribution in [1.82, 2.24) is 0 Å². The van der Waals surface area contributed by atoms with E-state index in [0.717, 1.165) is 35.2 Å². The van der Waals surface area contributed by atoms with Crippen molar-refractivity contribution in [2.75, 3.05) is 6.54 Å². The standard InChI is InChI=1S/C18H16NO/c1-2-19-12-18(19)17(13-20)16-10-8-15(9-11-16)14-6-4-3-5-7-14/h3-13H,2H2,1H3/q+1/b18-17-. The van der Waals surface area contributed by atoms with E-state index in [0.29, 0.717) is 0 Å². The molecule has 0 unspecified atom stereocenters. The molecule has 0 saturated carbocycles. The summed E-state index contributed by atoms with van der Waals surface area (Å²) in [5, 5.41) is 0. The van der Waals surface area contributed by atoms with Gasteiger partial charge in [0.05, 0.1) is 5.57 Å². The van der Waals surface area contributed by atoms with Crippen LogP contribution in [-0.2, 0) is 4.79 Å². The summed E-state index contributed by atoms with van der Waals surface area (Å²) >= 11 is 0. The third kappa shape index (κ3) is 2.32. The Hall–Kier alpha value is -2.48. The predicted octanol–water partition coefficient (Wildman–Crippen LogP) is 3.38. The van der Waals surface area contributed by atoms with Crippen LogP contribution in [-0.4, -0.2) is 23.6 Å². The highest BCUT2D eigenvalue weighted by Crippen LogP contribution is 2.25. The maximum absolute atomic E-state index is 11.3. The van der Waals surface area contributed by atoms with Gasteiger partial charge in [0.1, 0.15) is 6.54 Å². The molecule has 1 aliphatic heterocycles. The minimum atomic E-state index is 0.770. The minimum absolute atomic E-state index is 0.770. The first-order valence-corrected chi connectivity index (χ1v) is 6.80. The lowest BCUT2D eigenvalue weighted by atomic mass is 10.0. The van der Waals surface area contributed by atoms with Gasteiger partial charge < -0.3 is 0 Å². The van der Waals surface area contributed by atoms with Crippen molar-refractivity contribution in [3.63, 3.8) is 0 Å². The second-order valence-electron chi connectivity index (χ2n) is 4.78. The molecule has 0 saturated heterocycles. The van der Waals surface area contributed by atoms with Gasteiger partial charge in [0.25, 0.3) is 5.70 Å². The number of carbonyl (C=O) groups is 1.